The van der Waals surface area contributed by atoms with Crippen LogP contribution in [0.4, 0.5) is 5.69 Å². The number of halogens is 1. The van der Waals surface area contributed by atoms with E-state index in [1.165, 1.54) is 0 Å². The number of rotatable bonds is 1. The van der Waals surface area contributed by atoms with Gasteiger partial charge >= 0.3 is 0 Å². The van der Waals surface area contributed by atoms with E-state index in [1.54, 1.807) is 12.1 Å². The third kappa shape index (κ3) is 2.64. The van der Waals surface area contributed by atoms with Crippen molar-refractivity contribution in [1.82, 2.24) is 0 Å². The monoisotopic (exact) mass is 379 g/mol. The van der Waals surface area contributed by atoms with Gasteiger partial charge in [-0.15, -0.1) is 0 Å². The van der Waals surface area contributed by atoms with Crippen LogP contribution in [0.5, 0.6) is 0 Å². The molecule has 2 aliphatic rings. The SMILES string of the molecule is CC(C)(C)[C@H]1CCC(=O)[C@@H]([C@@]2(O)C(=O)Nc3ccc(Br)cc32)C1. The summed E-state index contributed by atoms with van der Waals surface area (Å²) in [6, 6.07) is 5.30. The fourth-order valence-electron chi connectivity index (χ4n) is 3.84. The van der Waals surface area contributed by atoms with Crippen LogP contribution in [0.15, 0.2) is 22.7 Å². The van der Waals surface area contributed by atoms with Gasteiger partial charge in [-0.3, -0.25) is 9.59 Å². The molecule has 2 N–H and O–H groups in total. The van der Waals surface area contributed by atoms with E-state index in [2.05, 4.69) is 42.0 Å². The molecule has 23 heavy (non-hydrogen) atoms. The highest BCUT2D eigenvalue weighted by molar-refractivity contribution is 9.10. The van der Waals surface area contributed by atoms with Crippen molar-refractivity contribution < 1.29 is 14.7 Å². The standard InChI is InChI=1S/C18H22BrNO3/c1-17(2,3)10-4-7-15(21)13(8-10)18(23)12-9-11(19)5-6-14(12)20-16(18)22/h5-6,9-10,13,23H,4,7-8H2,1-3H3,(H,20,22)/t10-,13-,18+/m0/s1. The highest BCUT2D eigenvalue weighted by Gasteiger charge is 2.55. The molecule has 1 fully saturated rings. The number of nitrogens with one attached hydrogen (secondary N) is 1. The number of amides is 1. The van der Waals surface area contributed by atoms with E-state index in [9.17, 15) is 14.7 Å². The third-order valence-electron chi connectivity index (χ3n) is 5.36. The highest BCUT2D eigenvalue weighted by Crippen LogP contribution is 2.49. The van der Waals surface area contributed by atoms with E-state index in [4.69, 9.17) is 0 Å². The topological polar surface area (TPSA) is 66.4 Å². The number of aliphatic hydroxyl groups is 1. The van der Waals surface area contributed by atoms with Crippen LogP contribution >= 0.6 is 15.9 Å². The number of Topliss-reactive ketones (excluding diaryl/α,β-unsaturated/α-hetero) is 1. The number of carbonyl (C=O) groups excluding carboxylic acids is 2. The first-order chi connectivity index (χ1) is 10.6. The lowest BCUT2D eigenvalue weighted by Gasteiger charge is -2.41. The van der Waals surface area contributed by atoms with Crippen LogP contribution in [0.1, 0.15) is 45.6 Å². The first kappa shape index (κ1) is 16.7. The molecule has 1 aliphatic heterocycles. The predicted octanol–water partition coefficient (Wildman–Crippen LogP) is 3.62. The Morgan fingerprint density at radius 3 is 2.65 bits per heavy atom. The molecule has 0 saturated heterocycles. The number of anilines is 1. The van der Waals surface area contributed by atoms with Gasteiger partial charge in [0.15, 0.2) is 5.60 Å². The zero-order valence-electron chi connectivity index (χ0n) is 13.6. The Hall–Kier alpha value is -1.20. The van der Waals surface area contributed by atoms with Crippen molar-refractivity contribution in [3.05, 3.63) is 28.2 Å². The normalized spacial score (nSPS) is 31.0. The second kappa shape index (κ2) is 5.42. The molecule has 5 heteroatoms. The molecule has 4 nitrogen and oxygen atoms in total. The molecule has 124 valence electrons. The Bertz CT molecular complexity index is 679. The minimum atomic E-state index is -1.76. The van der Waals surface area contributed by atoms with Crippen LogP contribution in [-0.2, 0) is 15.2 Å². The Kier molecular flexibility index (Phi) is 3.92. The largest absolute Gasteiger partial charge is 0.375 e. The lowest BCUT2D eigenvalue weighted by Crippen LogP contribution is -2.49. The van der Waals surface area contributed by atoms with Gasteiger partial charge in [0.1, 0.15) is 5.78 Å². The molecular weight excluding hydrogens is 358 g/mol. The van der Waals surface area contributed by atoms with Crippen LogP contribution in [0, 0.1) is 17.3 Å². The molecule has 1 heterocycles. The zero-order chi connectivity index (χ0) is 17.0. The van der Waals surface area contributed by atoms with E-state index in [0.29, 0.717) is 30.0 Å². The summed E-state index contributed by atoms with van der Waals surface area (Å²) in [6.45, 7) is 6.44. The van der Waals surface area contributed by atoms with Crippen LogP contribution in [0.3, 0.4) is 0 Å². The summed E-state index contributed by atoms with van der Waals surface area (Å²) in [5.74, 6) is -0.885. The number of hydrogen-bond acceptors (Lipinski definition) is 3. The fourth-order valence-corrected chi connectivity index (χ4v) is 4.20. The molecule has 3 atom stereocenters. The average molecular weight is 380 g/mol. The van der Waals surface area contributed by atoms with Crippen molar-refractivity contribution in [2.75, 3.05) is 5.32 Å². The summed E-state index contributed by atoms with van der Waals surface area (Å²) in [5.41, 5.74) is -0.624. The summed E-state index contributed by atoms with van der Waals surface area (Å²) in [5, 5.41) is 14.0. The van der Waals surface area contributed by atoms with Crippen LogP contribution in [-0.4, -0.2) is 16.8 Å². The molecule has 0 aromatic heterocycles. The summed E-state index contributed by atoms with van der Waals surface area (Å²) < 4.78 is 0.779. The zero-order valence-corrected chi connectivity index (χ0v) is 15.2. The van der Waals surface area contributed by atoms with Gasteiger partial charge in [-0.25, -0.2) is 0 Å². The summed E-state index contributed by atoms with van der Waals surface area (Å²) in [7, 11) is 0. The molecule has 0 radical (unpaired) electrons. The van der Waals surface area contributed by atoms with Gasteiger partial charge in [0.2, 0.25) is 0 Å². The molecule has 1 saturated carbocycles. The van der Waals surface area contributed by atoms with Gasteiger partial charge in [-0.1, -0.05) is 36.7 Å². The molecule has 0 bridgehead atoms. The van der Waals surface area contributed by atoms with Gasteiger partial charge in [-0.2, -0.15) is 0 Å². The second-order valence-electron chi connectivity index (χ2n) is 7.77. The Morgan fingerprint density at radius 1 is 1.30 bits per heavy atom. The number of fused-ring (bicyclic) bond motifs is 1. The molecule has 1 amide bonds. The first-order valence-electron chi connectivity index (χ1n) is 8.00. The number of hydrogen-bond donors (Lipinski definition) is 2. The second-order valence-corrected chi connectivity index (χ2v) is 8.68. The van der Waals surface area contributed by atoms with Crippen LogP contribution in [0.2, 0.25) is 0 Å². The Balaban J connectivity index is 2.04. The lowest BCUT2D eigenvalue weighted by molar-refractivity contribution is -0.153. The van der Waals surface area contributed by atoms with Crippen LogP contribution in [0.25, 0.3) is 0 Å². The van der Waals surface area contributed by atoms with Crippen molar-refractivity contribution in [2.45, 2.75) is 45.6 Å². The Morgan fingerprint density at radius 2 is 2.00 bits per heavy atom. The van der Waals surface area contributed by atoms with Crippen molar-refractivity contribution in [2.24, 2.45) is 17.3 Å². The molecule has 0 unspecified atom stereocenters. The van der Waals surface area contributed by atoms with Gasteiger partial charge in [-0.05, 0) is 42.4 Å². The number of ketones is 1. The van der Waals surface area contributed by atoms with E-state index >= 15 is 0 Å². The smallest absolute Gasteiger partial charge is 0.261 e. The summed E-state index contributed by atoms with van der Waals surface area (Å²) in [4.78, 5) is 25.1. The van der Waals surface area contributed by atoms with Gasteiger partial charge in [0.05, 0.1) is 5.92 Å². The van der Waals surface area contributed by atoms with E-state index < -0.39 is 17.4 Å². The number of benzene rings is 1. The molecule has 0 spiro atoms. The molecule has 1 aromatic rings. The molecule has 3 rings (SSSR count). The fraction of sp³-hybridized carbons (Fsp3) is 0.556. The van der Waals surface area contributed by atoms with Crippen molar-refractivity contribution in [3.63, 3.8) is 0 Å². The van der Waals surface area contributed by atoms with E-state index in [-0.39, 0.29) is 11.2 Å². The maximum atomic E-state index is 12.5. The quantitative estimate of drug-likeness (QED) is 0.782. The van der Waals surface area contributed by atoms with Gasteiger partial charge in [0, 0.05) is 22.1 Å². The molecular formula is C18H22BrNO3. The maximum Gasteiger partial charge on any atom is 0.261 e. The average Bonchev–Trinajstić information content (AvgIpc) is 2.71. The van der Waals surface area contributed by atoms with E-state index in [1.807, 2.05) is 6.07 Å². The lowest BCUT2D eigenvalue weighted by atomic mass is 9.63. The Labute approximate surface area is 144 Å². The van der Waals surface area contributed by atoms with Crippen molar-refractivity contribution >= 4 is 33.3 Å². The molecule has 1 aliphatic carbocycles. The highest BCUT2D eigenvalue weighted by atomic mass is 79.9. The maximum absolute atomic E-state index is 12.5. The van der Waals surface area contributed by atoms with Gasteiger partial charge in [0.25, 0.3) is 5.91 Å². The van der Waals surface area contributed by atoms with Crippen molar-refractivity contribution in [3.8, 4) is 0 Å². The van der Waals surface area contributed by atoms with Crippen LogP contribution < -0.4 is 5.32 Å². The summed E-state index contributed by atoms with van der Waals surface area (Å²) in [6.07, 6.45) is 1.78. The molecule has 1 aromatic carbocycles. The predicted molar refractivity (Wildman–Crippen MR) is 92.0 cm³/mol. The number of carbonyl (C=O) groups is 2. The first-order valence-corrected chi connectivity index (χ1v) is 8.80. The van der Waals surface area contributed by atoms with Crippen molar-refractivity contribution in [1.29, 1.82) is 0 Å². The minimum Gasteiger partial charge on any atom is -0.375 e. The minimum absolute atomic E-state index is 0.0176. The summed E-state index contributed by atoms with van der Waals surface area (Å²) >= 11 is 3.38. The third-order valence-corrected chi connectivity index (χ3v) is 5.86. The van der Waals surface area contributed by atoms with E-state index in [0.717, 1.165) is 10.9 Å². The van der Waals surface area contributed by atoms with Gasteiger partial charge < -0.3 is 10.4 Å².